The van der Waals surface area contributed by atoms with Gasteiger partial charge in [0.05, 0.1) is 7.11 Å². The van der Waals surface area contributed by atoms with Gasteiger partial charge in [-0.2, -0.15) is 0 Å². The molecule has 1 heterocycles. The predicted octanol–water partition coefficient (Wildman–Crippen LogP) is 3.64. The summed E-state index contributed by atoms with van der Waals surface area (Å²) in [5, 5.41) is 3.78. The Morgan fingerprint density at radius 3 is 2.75 bits per heavy atom. The molecule has 3 unspecified atom stereocenters. The highest BCUT2D eigenvalue weighted by Crippen LogP contribution is 2.43. The maximum Gasteiger partial charge on any atom is 0.508 e. The molecule has 0 aromatic carbocycles. The van der Waals surface area contributed by atoms with E-state index in [0.717, 1.165) is 25.8 Å². The van der Waals surface area contributed by atoms with Crippen molar-refractivity contribution in [3.8, 4) is 0 Å². The maximum absolute atomic E-state index is 11.5. The van der Waals surface area contributed by atoms with Gasteiger partial charge in [-0.3, -0.25) is 0 Å². The van der Waals surface area contributed by atoms with Crippen molar-refractivity contribution in [1.29, 1.82) is 0 Å². The third kappa shape index (κ3) is 3.46. The lowest BCUT2D eigenvalue weighted by atomic mass is 9.65. The van der Waals surface area contributed by atoms with Crippen LogP contribution in [-0.4, -0.2) is 31.5 Å². The largest absolute Gasteiger partial charge is 0.508 e. The summed E-state index contributed by atoms with van der Waals surface area (Å²) in [7, 11) is 1.39. The Kier molecular flexibility index (Phi) is 5.70. The van der Waals surface area contributed by atoms with Gasteiger partial charge in [-0.25, -0.2) is 4.79 Å². The second-order valence-electron chi connectivity index (χ2n) is 6.29. The average molecular weight is 283 g/mol. The van der Waals surface area contributed by atoms with Gasteiger partial charge in [0.1, 0.15) is 6.10 Å². The van der Waals surface area contributed by atoms with E-state index >= 15 is 0 Å². The molecule has 20 heavy (non-hydrogen) atoms. The number of rotatable bonds is 4. The van der Waals surface area contributed by atoms with Crippen LogP contribution >= 0.6 is 0 Å². The van der Waals surface area contributed by atoms with E-state index in [2.05, 4.69) is 12.2 Å². The first-order chi connectivity index (χ1) is 9.72. The minimum absolute atomic E-state index is 0.0216. The van der Waals surface area contributed by atoms with Crippen molar-refractivity contribution in [2.75, 3.05) is 13.7 Å². The molecule has 4 nitrogen and oxygen atoms in total. The molecule has 2 rings (SSSR count). The van der Waals surface area contributed by atoms with Crippen LogP contribution in [0.1, 0.15) is 64.7 Å². The van der Waals surface area contributed by atoms with Gasteiger partial charge in [0, 0.05) is 11.5 Å². The summed E-state index contributed by atoms with van der Waals surface area (Å²) in [6, 6.07) is 0. The molecule has 0 bridgehead atoms. The van der Waals surface area contributed by atoms with Gasteiger partial charge >= 0.3 is 6.16 Å². The molecule has 116 valence electrons. The van der Waals surface area contributed by atoms with Crippen molar-refractivity contribution in [1.82, 2.24) is 5.32 Å². The molecule has 0 aromatic rings. The van der Waals surface area contributed by atoms with Crippen molar-refractivity contribution < 1.29 is 14.3 Å². The molecule has 0 aromatic heterocycles. The maximum atomic E-state index is 11.5. The van der Waals surface area contributed by atoms with Crippen molar-refractivity contribution in [2.24, 2.45) is 5.92 Å². The first-order valence-corrected chi connectivity index (χ1v) is 8.21. The number of carbonyl (C=O) groups is 1. The average Bonchev–Trinajstić information content (AvgIpc) is 2.47. The summed E-state index contributed by atoms with van der Waals surface area (Å²) in [4.78, 5) is 11.5. The van der Waals surface area contributed by atoms with Crippen LogP contribution in [0.25, 0.3) is 0 Å². The Hall–Kier alpha value is -0.770. The fourth-order valence-corrected chi connectivity index (χ4v) is 4.08. The topological polar surface area (TPSA) is 47.6 Å². The molecule has 1 spiro atoms. The molecule has 0 amide bonds. The zero-order chi connectivity index (χ0) is 14.4. The van der Waals surface area contributed by atoms with E-state index in [-0.39, 0.29) is 11.6 Å². The quantitative estimate of drug-likeness (QED) is 0.800. The van der Waals surface area contributed by atoms with Gasteiger partial charge in [-0.15, -0.1) is 0 Å². The molecule has 1 saturated carbocycles. The summed E-state index contributed by atoms with van der Waals surface area (Å²) in [6.07, 6.45) is 10.2. The Balaban J connectivity index is 2.10. The molecule has 3 atom stereocenters. The lowest BCUT2D eigenvalue weighted by molar-refractivity contribution is -0.0481. The van der Waals surface area contributed by atoms with Crippen LogP contribution in [-0.2, 0) is 9.47 Å². The molecule has 1 aliphatic carbocycles. The summed E-state index contributed by atoms with van der Waals surface area (Å²) in [5.74, 6) is 0.440. The monoisotopic (exact) mass is 283 g/mol. The highest BCUT2D eigenvalue weighted by molar-refractivity contribution is 5.59. The third-order valence-corrected chi connectivity index (χ3v) is 5.08. The Bertz CT molecular complexity index is 307. The van der Waals surface area contributed by atoms with E-state index in [1.807, 2.05) is 0 Å². The van der Waals surface area contributed by atoms with Gasteiger partial charge in [0.2, 0.25) is 0 Å². The Morgan fingerprint density at radius 1 is 1.30 bits per heavy atom. The highest BCUT2D eigenvalue weighted by atomic mass is 16.7. The molecule has 2 fully saturated rings. The van der Waals surface area contributed by atoms with Crippen molar-refractivity contribution in [2.45, 2.75) is 76.4 Å². The lowest BCUT2D eigenvalue weighted by Gasteiger charge is -2.50. The zero-order valence-corrected chi connectivity index (χ0v) is 13.0. The fourth-order valence-electron chi connectivity index (χ4n) is 4.08. The number of carbonyl (C=O) groups excluding carboxylic acids is 1. The molecular formula is C16H29NO3. The third-order valence-electron chi connectivity index (χ3n) is 5.08. The van der Waals surface area contributed by atoms with E-state index in [4.69, 9.17) is 9.47 Å². The number of hydrogen-bond donors (Lipinski definition) is 1. The van der Waals surface area contributed by atoms with Crippen LogP contribution in [0.4, 0.5) is 4.79 Å². The normalized spacial score (nSPS) is 33.9. The predicted molar refractivity (Wildman–Crippen MR) is 78.7 cm³/mol. The molecule has 0 radical (unpaired) electrons. The molecule has 4 heteroatoms. The van der Waals surface area contributed by atoms with E-state index < -0.39 is 6.16 Å². The van der Waals surface area contributed by atoms with Gasteiger partial charge in [-0.1, -0.05) is 26.2 Å². The first-order valence-electron chi connectivity index (χ1n) is 8.21. The zero-order valence-electron chi connectivity index (χ0n) is 13.0. The Morgan fingerprint density at radius 2 is 2.10 bits per heavy atom. The second kappa shape index (κ2) is 7.30. The molecule has 2 aliphatic rings. The molecule has 1 N–H and O–H groups in total. The van der Waals surface area contributed by atoms with Gasteiger partial charge < -0.3 is 14.8 Å². The van der Waals surface area contributed by atoms with Gasteiger partial charge in [0.25, 0.3) is 0 Å². The summed E-state index contributed by atoms with van der Waals surface area (Å²) < 4.78 is 10.3. The standard InChI is InChI=1S/C16H29NO3/c1-3-4-8-13-14(20-15(18)19-2)9-7-11-16(13)10-5-6-12-17-16/h13-14,17H,3-12H2,1-2H3. The first kappa shape index (κ1) is 15.6. The van der Waals surface area contributed by atoms with Gasteiger partial charge in [0.15, 0.2) is 0 Å². The summed E-state index contributed by atoms with van der Waals surface area (Å²) >= 11 is 0. The van der Waals surface area contributed by atoms with E-state index in [1.54, 1.807) is 0 Å². The number of nitrogens with one attached hydrogen (secondary N) is 1. The van der Waals surface area contributed by atoms with Crippen LogP contribution in [0.15, 0.2) is 0 Å². The lowest BCUT2D eigenvalue weighted by Crippen LogP contribution is -2.59. The molecule has 1 saturated heterocycles. The highest BCUT2D eigenvalue weighted by Gasteiger charge is 2.47. The molecular weight excluding hydrogens is 254 g/mol. The summed E-state index contributed by atoms with van der Waals surface area (Å²) in [5.41, 5.74) is 0.199. The van der Waals surface area contributed by atoms with Crippen LogP contribution in [0.5, 0.6) is 0 Å². The number of methoxy groups -OCH3 is 1. The summed E-state index contributed by atoms with van der Waals surface area (Å²) in [6.45, 7) is 3.33. The minimum atomic E-state index is -0.524. The van der Waals surface area contributed by atoms with Crippen LogP contribution in [0, 0.1) is 5.92 Å². The van der Waals surface area contributed by atoms with Gasteiger partial charge in [-0.05, 0) is 45.1 Å². The molecule has 1 aliphatic heterocycles. The number of hydrogen-bond acceptors (Lipinski definition) is 4. The Labute approximate surface area is 122 Å². The number of piperidine rings is 1. The van der Waals surface area contributed by atoms with Crippen LogP contribution in [0.2, 0.25) is 0 Å². The SMILES string of the molecule is CCCCC1C(OC(=O)OC)CCCC12CCCCN2. The number of unbranched alkanes of at least 4 members (excludes halogenated alkanes) is 1. The second-order valence-corrected chi connectivity index (χ2v) is 6.29. The number of ether oxygens (including phenoxy) is 2. The van der Waals surface area contributed by atoms with E-state index in [1.165, 1.54) is 45.6 Å². The van der Waals surface area contributed by atoms with E-state index in [0.29, 0.717) is 5.92 Å². The van der Waals surface area contributed by atoms with Crippen LogP contribution in [0.3, 0.4) is 0 Å². The van der Waals surface area contributed by atoms with Crippen LogP contribution < -0.4 is 5.32 Å². The fraction of sp³-hybridized carbons (Fsp3) is 0.938. The minimum Gasteiger partial charge on any atom is -0.438 e. The smallest absolute Gasteiger partial charge is 0.438 e. The van der Waals surface area contributed by atoms with Crippen molar-refractivity contribution >= 4 is 6.16 Å². The van der Waals surface area contributed by atoms with Crippen molar-refractivity contribution in [3.63, 3.8) is 0 Å². The van der Waals surface area contributed by atoms with E-state index in [9.17, 15) is 4.79 Å². The van der Waals surface area contributed by atoms with Crippen molar-refractivity contribution in [3.05, 3.63) is 0 Å².